The summed E-state index contributed by atoms with van der Waals surface area (Å²) in [6.07, 6.45) is 9.56. The number of rotatable bonds is 6. The van der Waals surface area contributed by atoms with Crippen LogP contribution in [-0.4, -0.2) is 49.1 Å². The van der Waals surface area contributed by atoms with Crippen molar-refractivity contribution in [3.8, 4) is 22.8 Å². The van der Waals surface area contributed by atoms with Crippen molar-refractivity contribution in [2.75, 3.05) is 14.1 Å². The summed E-state index contributed by atoms with van der Waals surface area (Å²) in [4.78, 5) is 19.4. The van der Waals surface area contributed by atoms with Gasteiger partial charge in [0, 0.05) is 35.9 Å². The minimum Gasteiger partial charge on any atom is -0.337 e. The minimum absolute atomic E-state index is 0.686. The third kappa shape index (κ3) is 4.54. The Kier molecular flexibility index (Phi) is 6.08. The van der Waals surface area contributed by atoms with E-state index >= 15 is 0 Å². The average Bonchev–Trinajstić information content (AvgIpc) is 3.48. The van der Waals surface area contributed by atoms with Crippen molar-refractivity contribution >= 4 is 28.8 Å². The maximum absolute atomic E-state index is 4.93. The molecule has 0 fully saturated rings. The van der Waals surface area contributed by atoms with Crippen molar-refractivity contribution in [3.63, 3.8) is 0 Å². The van der Waals surface area contributed by atoms with Crippen LogP contribution in [0.3, 0.4) is 0 Å². The molecule has 7 nitrogen and oxygen atoms in total. The Morgan fingerprint density at radius 2 is 2.00 bits per heavy atom. The Balaban J connectivity index is 1.61. The predicted molar refractivity (Wildman–Crippen MR) is 141 cm³/mol. The highest BCUT2D eigenvalue weighted by molar-refractivity contribution is 5.93. The first-order valence-corrected chi connectivity index (χ1v) is 11.4. The van der Waals surface area contributed by atoms with Crippen LogP contribution in [0.2, 0.25) is 0 Å². The molecule has 0 unspecified atom stereocenters. The van der Waals surface area contributed by atoms with Gasteiger partial charge in [0.2, 0.25) is 0 Å². The molecule has 0 aliphatic heterocycles. The van der Waals surface area contributed by atoms with Crippen molar-refractivity contribution in [2.24, 2.45) is 0 Å². The Labute approximate surface area is 203 Å². The predicted octanol–water partition coefficient (Wildman–Crippen LogP) is 3.77. The van der Waals surface area contributed by atoms with E-state index in [9.17, 15) is 0 Å². The van der Waals surface area contributed by atoms with Crippen LogP contribution in [0.15, 0.2) is 67.6 Å². The molecule has 0 aliphatic rings. The molecule has 0 amide bonds. The summed E-state index contributed by atoms with van der Waals surface area (Å²) in [5.41, 5.74) is 7.34. The Morgan fingerprint density at radius 1 is 1.11 bits per heavy atom. The van der Waals surface area contributed by atoms with Crippen LogP contribution in [0.25, 0.3) is 51.5 Å². The zero-order valence-corrected chi connectivity index (χ0v) is 20.1. The summed E-state index contributed by atoms with van der Waals surface area (Å²) < 4.78 is 0. The van der Waals surface area contributed by atoms with Gasteiger partial charge in [-0.15, -0.1) is 0 Å². The highest BCUT2D eigenvalue weighted by Crippen LogP contribution is 2.27. The van der Waals surface area contributed by atoms with Crippen LogP contribution < -0.4 is 10.6 Å². The van der Waals surface area contributed by atoms with Gasteiger partial charge in [-0.1, -0.05) is 30.9 Å². The maximum Gasteiger partial charge on any atom is 0.159 e. The lowest BCUT2D eigenvalue weighted by molar-refractivity contribution is 0.402. The molecule has 2 N–H and O–H groups in total. The van der Waals surface area contributed by atoms with Gasteiger partial charge >= 0.3 is 0 Å². The van der Waals surface area contributed by atoms with E-state index in [1.807, 2.05) is 82.0 Å². The van der Waals surface area contributed by atoms with Gasteiger partial charge in [0.25, 0.3) is 0 Å². The molecule has 174 valence electrons. The van der Waals surface area contributed by atoms with Crippen LogP contribution in [0.1, 0.15) is 18.1 Å². The minimum atomic E-state index is 0.686. The quantitative estimate of drug-likeness (QED) is 0.402. The molecule has 5 aromatic rings. The number of fused-ring (bicyclic) bond motifs is 1. The van der Waals surface area contributed by atoms with E-state index in [1.165, 1.54) is 0 Å². The molecular formula is C28H27N7. The van der Waals surface area contributed by atoms with Crippen molar-refractivity contribution < 1.29 is 0 Å². The molecule has 0 atom stereocenters. The van der Waals surface area contributed by atoms with Crippen molar-refractivity contribution in [1.82, 2.24) is 35.0 Å². The number of para-hydroxylation sites is 1. The summed E-state index contributed by atoms with van der Waals surface area (Å²) in [7, 11) is 4.09. The molecule has 4 heterocycles. The normalized spacial score (nSPS) is 12.7. The lowest BCUT2D eigenvalue weighted by Gasteiger charge is -2.10. The molecule has 35 heavy (non-hydrogen) atoms. The Bertz CT molecular complexity index is 1630. The third-order valence-electron chi connectivity index (χ3n) is 5.78. The molecule has 0 bridgehead atoms. The van der Waals surface area contributed by atoms with Crippen LogP contribution in [0.5, 0.6) is 0 Å². The number of nitrogens with zero attached hydrogens (tertiary/aromatic N) is 5. The zero-order chi connectivity index (χ0) is 24.4. The number of nitrogens with one attached hydrogen (secondary N) is 2. The highest BCUT2D eigenvalue weighted by Gasteiger charge is 2.14. The number of aromatic nitrogens is 6. The fraction of sp³-hybridized carbons (Fsp3) is 0.143. The summed E-state index contributed by atoms with van der Waals surface area (Å²) in [5, 5.41) is 9.56. The summed E-state index contributed by atoms with van der Waals surface area (Å²) in [5.74, 6) is 0.686. The standard InChI is InChI=1S/C28H27N7/c1-5-23-22(13-18(2)20-14-19(15-29-16-20)17-35(3)4)27(34-33-23)28-31-25-11-8-9-21(26(25)32-28)24-10-6-7-12-30-24/h5-16,33H,2,17H2,1,3-4H3,(H,31,32)/b22-13+,23-5+. The number of pyridine rings is 2. The first-order valence-electron chi connectivity index (χ1n) is 11.4. The molecule has 0 radical (unpaired) electrons. The van der Waals surface area contributed by atoms with Gasteiger partial charge in [0.1, 0.15) is 5.69 Å². The second-order valence-electron chi connectivity index (χ2n) is 8.68. The van der Waals surface area contributed by atoms with Gasteiger partial charge in [0.05, 0.1) is 22.1 Å². The van der Waals surface area contributed by atoms with Crippen molar-refractivity contribution in [2.45, 2.75) is 13.5 Å². The van der Waals surface area contributed by atoms with Crippen molar-refractivity contribution in [3.05, 3.63) is 89.3 Å². The maximum atomic E-state index is 4.93. The molecule has 4 aromatic heterocycles. The van der Waals surface area contributed by atoms with E-state index in [0.717, 1.165) is 61.8 Å². The monoisotopic (exact) mass is 461 g/mol. The van der Waals surface area contributed by atoms with E-state index in [2.05, 4.69) is 42.7 Å². The summed E-state index contributed by atoms with van der Waals surface area (Å²) in [6, 6.07) is 14.1. The zero-order valence-electron chi connectivity index (χ0n) is 20.1. The average molecular weight is 462 g/mol. The van der Waals surface area contributed by atoms with Gasteiger partial charge < -0.3 is 9.88 Å². The van der Waals surface area contributed by atoms with Crippen LogP contribution in [0.4, 0.5) is 0 Å². The molecule has 5 rings (SSSR count). The van der Waals surface area contributed by atoms with Crippen molar-refractivity contribution in [1.29, 1.82) is 0 Å². The van der Waals surface area contributed by atoms with E-state index in [0.29, 0.717) is 5.82 Å². The fourth-order valence-electron chi connectivity index (χ4n) is 4.16. The van der Waals surface area contributed by atoms with E-state index in [4.69, 9.17) is 4.98 Å². The molecular weight excluding hydrogens is 434 g/mol. The van der Waals surface area contributed by atoms with E-state index in [-0.39, 0.29) is 0 Å². The van der Waals surface area contributed by atoms with Crippen LogP contribution in [0, 0.1) is 0 Å². The number of hydrogen-bond donors (Lipinski definition) is 2. The molecule has 1 aromatic carbocycles. The number of imidazole rings is 1. The molecule has 0 spiro atoms. The van der Waals surface area contributed by atoms with Gasteiger partial charge in [-0.3, -0.25) is 15.1 Å². The SMILES string of the molecule is C=C(/C=c1/c(-c2nc3c(-c4ccccn4)cccc3[nH]2)n[nH]/c1=C/C)c1cncc(CN(C)C)c1. The molecule has 0 aliphatic carbocycles. The summed E-state index contributed by atoms with van der Waals surface area (Å²) >= 11 is 0. The molecule has 0 saturated heterocycles. The second kappa shape index (κ2) is 9.48. The second-order valence-corrected chi connectivity index (χ2v) is 8.68. The number of hydrogen-bond acceptors (Lipinski definition) is 5. The Hall–Kier alpha value is -4.36. The number of H-pyrrole nitrogens is 2. The van der Waals surface area contributed by atoms with Gasteiger partial charge in [-0.2, -0.15) is 5.10 Å². The molecule has 0 saturated carbocycles. The van der Waals surface area contributed by atoms with Gasteiger partial charge in [0.15, 0.2) is 5.82 Å². The Morgan fingerprint density at radius 3 is 2.77 bits per heavy atom. The number of allylic oxidation sites excluding steroid dienone is 1. The van der Waals surface area contributed by atoms with Gasteiger partial charge in [-0.25, -0.2) is 4.98 Å². The first kappa shape index (κ1) is 22.4. The lowest BCUT2D eigenvalue weighted by Crippen LogP contribution is -2.23. The number of aromatic amines is 2. The van der Waals surface area contributed by atoms with Gasteiger partial charge in [-0.05, 0) is 68.1 Å². The van der Waals surface area contributed by atoms with E-state index in [1.54, 1.807) is 6.20 Å². The van der Waals surface area contributed by atoms with Crippen LogP contribution >= 0.6 is 0 Å². The highest BCUT2D eigenvalue weighted by atomic mass is 15.1. The summed E-state index contributed by atoms with van der Waals surface area (Å²) in [6.45, 7) is 7.12. The fourth-order valence-corrected chi connectivity index (χ4v) is 4.16. The van der Waals surface area contributed by atoms with Crippen LogP contribution in [-0.2, 0) is 6.54 Å². The molecule has 7 heteroatoms. The lowest BCUT2D eigenvalue weighted by atomic mass is 10.1. The largest absolute Gasteiger partial charge is 0.337 e. The topological polar surface area (TPSA) is 86.4 Å². The number of benzene rings is 1. The van der Waals surface area contributed by atoms with E-state index < -0.39 is 0 Å². The smallest absolute Gasteiger partial charge is 0.159 e. The third-order valence-corrected chi connectivity index (χ3v) is 5.78. The first-order chi connectivity index (χ1) is 17.0.